The van der Waals surface area contributed by atoms with Gasteiger partial charge in [-0.1, -0.05) is 30.7 Å². The largest absolute Gasteiger partial charge is 0.329 e. The summed E-state index contributed by atoms with van der Waals surface area (Å²) in [4.78, 5) is 18.5. The second-order valence-electron chi connectivity index (χ2n) is 5.12. The van der Waals surface area contributed by atoms with Crippen LogP contribution in [-0.2, 0) is 13.0 Å². The smallest absolute Gasteiger partial charge is 0.294 e. The van der Waals surface area contributed by atoms with Crippen molar-refractivity contribution >= 4 is 17.5 Å². The maximum atomic E-state index is 12.6. The molecule has 0 saturated heterocycles. The molecule has 1 aromatic carbocycles. The fourth-order valence-electron chi connectivity index (χ4n) is 2.00. The lowest BCUT2D eigenvalue weighted by molar-refractivity contribution is 0.0678. The van der Waals surface area contributed by atoms with E-state index >= 15 is 0 Å². The average molecular weight is 307 g/mol. The lowest BCUT2D eigenvalue weighted by atomic mass is 10.2. The van der Waals surface area contributed by atoms with Gasteiger partial charge in [0, 0.05) is 24.0 Å². The summed E-state index contributed by atoms with van der Waals surface area (Å²) in [7, 11) is 0. The van der Waals surface area contributed by atoms with Gasteiger partial charge in [0.05, 0.1) is 0 Å². The van der Waals surface area contributed by atoms with Crippen molar-refractivity contribution in [1.82, 2.24) is 20.1 Å². The van der Waals surface area contributed by atoms with E-state index < -0.39 is 0 Å². The molecule has 112 valence electrons. The molecule has 0 aliphatic carbocycles. The summed E-state index contributed by atoms with van der Waals surface area (Å²) in [5.41, 5.74) is 0.982. The molecule has 0 fully saturated rings. The first kappa shape index (κ1) is 15.5. The number of nitrogens with zero attached hydrogens (tertiary/aromatic N) is 3. The highest BCUT2D eigenvalue weighted by molar-refractivity contribution is 6.30. The molecule has 2 aromatic rings. The number of benzene rings is 1. The molecule has 1 amide bonds. The molecule has 0 saturated carbocycles. The predicted molar refractivity (Wildman–Crippen MR) is 82.2 cm³/mol. The number of aryl methyl sites for hydroxylation is 1. The minimum Gasteiger partial charge on any atom is -0.329 e. The van der Waals surface area contributed by atoms with Crippen molar-refractivity contribution in [3.63, 3.8) is 0 Å². The SMILES string of the molecule is CCc1nc(C(=O)N(Cc2cccc(Cl)c2)C(C)C)n[nH]1. The molecule has 0 aliphatic heterocycles. The molecule has 1 heterocycles. The van der Waals surface area contributed by atoms with Gasteiger partial charge in [-0.05, 0) is 31.5 Å². The Morgan fingerprint density at radius 2 is 2.19 bits per heavy atom. The Bertz CT molecular complexity index is 624. The van der Waals surface area contributed by atoms with Crippen molar-refractivity contribution in [2.75, 3.05) is 0 Å². The number of aromatic amines is 1. The fourth-order valence-corrected chi connectivity index (χ4v) is 2.21. The first-order valence-corrected chi connectivity index (χ1v) is 7.35. The van der Waals surface area contributed by atoms with Crippen molar-refractivity contribution in [2.45, 2.75) is 39.8 Å². The molecule has 1 N–H and O–H groups in total. The van der Waals surface area contributed by atoms with Gasteiger partial charge in [0.1, 0.15) is 5.82 Å². The van der Waals surface area contributed by atoms with Gasteiger partial charge in [0.15, 0.2) is 0 Å². The molecule has 0 unspecified atom stereocenters. The maximum absolute atomic E-state index is 12.6. The zero-order valence-electron chi connectivity index (χ0n) is 12.4. The van der Waals surface area contributed by atoms with Crippen molar-refractivity contribution in [3.05, 3.63) is 46.5 Å². The summed E-state index contributed by atoms with van der Waals surface area (Å²) in [5, 5.41) is 7.43. The predicted octanol–water partition coefficient (Wildman–Crippen LogP) is 3.07. The van der Waals surface area contributed by atoms with Crippen molar-refractivity contribution in [3.8, 4) is 0 Å². The third kappa shape index (κ3) is 3.82. The summed E-state index contributed by atoms with van der Waals surface area (Å²) < 4.78 is 0. The number of carbonyl (C=O) groups excluding carboxylic acids is 1. The van der Waals surface area contributed by atoms with Gasteiger partial charge in [-0.3, -0.25) is 9.89 Å². The van der Waals surface area contributed by atoms with Crippen LogP contribution < -0.4 is 0 Å². The second-order valence-corrected chi connectivity index (χ2v) is 5.55. The Balaban J connectivity index is 2.20. The third-order valence-electron chi connectivity index (χ3n) is 3.18. The van der Waals surface area contributed by atoms with Gasteiger partial charge >= 0.3 is 0 Å². The molecule has 0 radical (unpaired) electrons. The highest BCUT2D eigenvalue weighted by atomic mass is 35.5. The molecule has 0 aliphatic rings. The van der Waals surface area contributed by atoms with Gasteiger partial charge < -0.3 is 4.90 Å². The molecule has 2 rings (SSSR count). The maximum Gasteiger partial charge on any atom is 0.294 e. The Kier molecular flexibility index (Phi) is 4.96. The quantitative estimate of drug-likeness (QED) is 0.923. The minimum atomic E-state index is -0.180. The zero-order valence-corrected chi connectivity index (χ0v) is 13.2. The lowest BCUT2D eigenvalue weighted by Gasteiger charge is -2.25. The van der Waals surface area contributed by atoms with E-state index in [9.17, 15) is 4.79 Å². The zero-order chi connectivity index (χ0) is 15.4. The van der Waals surface area contributed by atoms with Crippen LogP contribution >= 0.6 is 11.6 Å². The summed E-state index contributed by atoms with van der Waals surface area (Å²) in [5.74, 6) is 0.744. The van der Waals surface area contributed by atoms with Crippen molar-refractivity contribution in [1.29, 1.82) is 0 Å². The molecular weight excluding hydrogens is 288 g/mol. The van der Waals surface area contributed by atoms with Crippen LogP contribution in [0.4, 0.5) is 0 Å². The number of nitrogens with one attached hydrogen (secondary N) is 1. The second kappa shape index (κ2) is 6.72. The van der Waals surface area contributed by atoms with Crippen LogP contribution in [0.5, 0.6) is 0 Å². The molecule has 1 aromatic heterocycles. The Morgan fingerprint density at radius 1 is 1.43 bits per heavy atom. The van der Waals surface area contributed by atoms with Gasteiger partial charge in [0.2, 0.25) is 5.82 Å². The monoisotopic (exact) mass is 306 g/mol. The molecule has 0 spiro atoms. The van der Waals surface area contributed by atoms with Gasteiger partial charge in [-0.25, -0.2) is 4.98 Å². The van der Waals surface area contributed by atoms with Crippen LogP contribution in [0.15, 0.2) is 24.3 Å². The fraction of sp³-hybridized carbons (Fsp3) is 0.400. The van der Waals surface area contributed by atoms with E-state index in [4.69, 9.17) is 11.6 Å². The van der Waals surface area contributed by atoms with Crippen molar-refractivity contribution < 1.29 is 4.79 Å². The number of halogens is 1. The first-order chi connectivity index (χ1) is 10.0. The highest BCUT2D eigenvalue weighted by Gasteiger charge is 2.22. The molecule has 5 nitrogen and oxygen atoms in total. The van der Waals surface area contributed by atoms with E-state index in [0.717, 1.165) is 12.0 Å². The van der Waals surface area contributed by atoms with E-state index in [-0.39, 0.29) is 17.8 Å². The number of amides is 1. The number of hydrogen-bond donors (Lipinski definition) is 1. The van der Waals surface area contributed by atoms with E-state index in [1.165, 1.54) is 0 Å². The minimum absolute atomic E-state index is 0.0417. The van der Waals surface area contributed by atoms with Crippen molar-refractivity contribution in [2.24, 2.45) is 0 Å². The first-order valence-electron chi connectivity index (χ1n) is 6.98. The van der Waals surface area contributed by atoms with Gasteiger partial charge in [-0.2, -0.15) is 0 Å². The third-order valence-corrected chi connectivity index (χ3v) is 3.42. The molecular formula is C15H19ClN4O. The van der Waals surface area contributed by atoms with Crippen LogP contribution in [-0.4, -0.2) is 32.0 Å². The Morgan fingerprint density at radius 3 is 2.76 bits per heavy atom. The van der Waals surface area contributed by atoms with Crippen LogP contribution in [0.2, 0.25) is 5.02 Å². The Hall–Kier alpha value is -1.88. The van der Waals surface area contributed by atoms with Crippen LogP contribution in [0.3, 0.4) is 0 Å². The molecule has 6 heteroatoms. The van der Waals surface area contributed by atoms with E-state index in [1.807, 2.05) is 45.0 Å². The summed E-state index contributed by atoms with van der Waals surface area (Å²) in [6.07, 6.45) is 0.719. The molecule has 0 atom stereocenters. The van der Waals surface area contributed by atoms with Crippen LogP contribution in [0, 0.1) is 0 Å². The number of H-pyrrole nitrogens is 1. The van der Waals surface area contributed by atoms with Gasteiger partial charge in [-0.15, -0.1) is 5.10 Å². The number of aromatic nitrogens is 3. The number of hydrogen-bond acceptors (Lipinski definition) is 3. The normalized spacial score (nSPS) is 10.9. The topological polar surface area (TPSA) is 61.9 Å². The van der Waals surface area contributed by atoms with Crippen LogP contribution in [0.25, 0.3) is 0 Å². The highest BCUT2D eigenvalue weighted by Crippen LogP contribution is 2.15. The van der Waals surface area contributed by atoms with Gasteiger partial charge in [0.25, 0.3) is 5.91 Å². The summed E-state index contributed by atoms with van der Waals surface area (Å²) in [6, 6.07) is 7.54. The lowest BCUT2D eigenvalue weighted by Crippen LogP contribution is -2.37. The summed E-state index contributed by atoms with van der Waals surface area (Å²) >= 11 is 5.99. The van der Waals surface area contributed by atoms with E-state index in [1.54, 1.807) is 4.90 Å². The Labute approximate surface area is 129 Å². The number of carbonyl (C=O) groups is 1. The molecule has 0 bridgehead atoms. The summed E-state index contributed by atoms with van der Waals surface area (Å²) in [6.45, 7) is 6.37. The van der Waals surface area contributed by atoms with E-state index in [0.29, 0.717) is 17.4 Å². The van der Waals surface area contributed by atoms with E-state index in [2.05, 4.69) is 15.2 Å². The molecule has 21 heavy (non-hydrogen) atoms. The number of rotatable bonds is 5. The van der Waals surface area contributed by atoms with Crippen LogP contribution in [0.1, 0.15) is 42.8 Å². The average Bonchev–Trinajstić information content (AvgIpc) is 2.93. The standard InChI is InChI=1S/C15H19ClN4O/c1-4-13-17-14(19-18-13)15(21)20(10(2)3)9-11-6-5-7-12(16)8-11/h5-8,10H,4,9H2,1-3H3,(H,17,18,19).